The van der Waals surface area contributed by atoms with Crippen LogP contribution >= 0.6 is 0 Å². The molecule has 0 amide bonds. The van der Waals surface area contributed by atoms with Crippen LogP contribution in [0.15, 0.2) is 0 Å². The van der Waals surface area contributed by atoms with Crippen LogP contribution in [0.2, 0.25) is 0 Å². The van der Waals surface area contributed by atoms with Crippen LogP contribution in [0.1, 0.15) is 12.8 Å². The van der Waals surface area contributed by atoms with Gasteiger partial charge in [-0.1, -0.05) is 0 Å². The van der Waals surface area contributed by atoms with E-state index in [1.165, 1.54) is 0 Å². The molecule has 0 rings (SSSR count). The molecule has 6 heteroatoms. The van der Waals surface area contributed by atoms with Crippen LogP contribution in [0.25, 0.3) is 0 Å². The quantitative estimate of drug-likeness (QED) is 0.191. The molecule has 0 aliphatic carbocycles. The summed E-state index contributed by atoms with van der Waals surface area (Å²) in [4.78, 5) is 0. The predicted molar refractivity (Wildman–Crippen MR) is 50.5 cm³/mol. The summed E-state index contributed by atoms with van der Waals surface area (Å²) in [5.41, 5.74) is 16.0. The number of hydrogen-bond donors (Lipinski definition) is 6. The third-order valence-electron chi connectivity index (χ3n) is 1.78. The highest BCUT2D eigenvalue weighted by molar-refractivity contribution is 4.70. The van der Waals surface area contributed by atoms with Gasteiger partial charge in [0.1, 0.15) is 6.29 Å². The van der Waals surface area contributed by atoms with E-state index < -0.39 is 12.4 Å². The van der Waals surface area contributed by atoms with Crippen molar-refractivity contribution in [3.8, 4) is 0 Å². The number of nitrogens with two attached hydrogens (primary N) is 3. The Hall–Kier alpha value is -0.240. The summed E-state index contributed by atoms with van der Waals surface area (Å²) in [7, 11) is 0. The SMILES string of the molecule is NC(N)NCCC[C@H](N)C(O)CO. The van der Waals surface area contributed by atoms with E-state index in [0.717, 1.165) is 6.42 Å². The fourth-order valence-electron chi connectivity index (χ4n) is 0.934. The monoisotopic (exact) mass is 192 g/mol. The number of hydrogen-bond acceptors (Lipinski definition) is 6. The van der Waals surface area contributed by atoms with Crippen molar-refractivity contribution in [1.29, 1.82) is 0 Å². The number of aliphatic hydroxyl groups excluding tert-OH is 2. The Kier molecular flexibility index (Phi) is 7.06. The van der Waals surface area contributed by atoms with Gasteiger partial charge in [0.2, 0.25) is 0 Å². The predicted octanol–water partition coefficient (Wildman–Crippen LogP) is -2.76. The topological polar surface area (TPSA) is 131 Å². The van der Waals surface area contributed by atoms with Gasteiger partial charge in [0.05, 0.1) is 12.7 Å². The second kappa shape index (κ2) is 7.19. The van der Waals surface area contributed by atoms with Gasteiger partial charge in [-0.05, 0) is 19.4 Å². The number of aliphatic hydroxyl groups is 2. The normalized spacial score (nSPS) is 16.2. The van der Waals surface area contributed by atoms with Crippen molar-refractivity contribution in [3.05, 3.63) is 0 Å². The molecule has 80 valence electrons. The Morgan fingerprint density at radius 1 is 1.23 bits per heavy atom. The lowest BCUT2D eigenvalue weighted by atomic mass is 10.1. The standard InChI is InChI=1S/C7H20N4O2/c8-5(6(13)4-12)2-1-3-11-7(9)10/h5-7,11-13H,1-4,8-10H2/t5-,6?/m0/s1. The molecule has 0 saturated carbocycles. The molecule has 0 aromatic rings. The summed E-state index contributed by atoms with van der Waals surface area (Å²) >= 11 is 0. The van der Waals surface area contributed by atoms with E-state index >= 15 is 0 Å². The minimum absolute atomic E-state index is 0.301. The van der Waals surface area contributed by atoms with Crippen LogP contribution < -0.4 is 22.5 Å². The van der Waals surface area contributed by atoms with Crippen LogP contribution in [0.3, 0.4) is 0 Å². The average Bonchev–Trinajstić information content (AvgIpc) is 2.10. The lowest BCUT2D eigenvalue weighted by molar-refractivity contribution is 0.0712. The molecule has 6 nitrogen and oxygen atoms in total. The van der Waals surface area contributed by atoms with Gasteiger partial charge in [-0.25, -0.2) is 0 Å². The lowest BCUT2D eigenvalue weighted by Gasteiger charge is -2.16. The minimum Gasteiger partial charge on any atom is -0.394 e. The third-order valence-corrected chi connectivity index (χ3v) is 1.78. The number of rotatable bonds is 7. The molecule has 0 aromatic carbocycles. The molecule has 0 aliphatic heterocycles. The molecule has 0 aliphatic rings. The Bertz CT molecular complexity index is 123. The number of nitrogens with one attached hydrogen (secondary N) is 1. The largest absolute Gasteiger partial charge is 0.394 e. The molecule has 0 fully saturated rings. The maximum Gasteiger partial charge on any atom is 0.106 e. The van der Waals surface area contributed by atoms with Gasteiger partial charge < -0.3 is 27.4 Å². The highest BCUT2D eigenvalue weighted by atomic mass is 16.3. The summed E-state index contributed by atoms with van der Waals surface area (Å²) in [6.07, 6.45) is 0.0374. The summed E-state index contributed by atoms with van der Waals surface area (Å²) in [6, 6.07) is -0.388. The van der Waals surface area contributed by atoms with E-state index in [1.807, 2.05) is 0 Å². The van der Waals surface area contributed by atoms with Crippen LogP contribution in [-0.2, 0) is 0 Å². The second-order valence-electron chi connectivity index (χ2n) is 3.04. The van der Waals surface area contributed by atoms with E-state index in [4.69, 9.17) is 27.4 Å². The summed E-state index contributed by atoms with van der Waals surface area (Å²) in [5.74, 6) is 0. The highest BCUT2D eigenvalue weighted by Gasteiger charge is 2.12. The second-order valence-corrected chi connectivity index (χ2v) is 3.04. The first kappa shape index (κ1) is 12.8. The molecule has 0 saturated heterocycles. The van der Waals surface area contributed by atoms with Gasteiger partial charge in [0, 0.05) is 6.04 Å². The molecular weight excluding hydrogens is 172 g/mol. The van der Waals surface area contributed by atoms with Crippen molar-refractivity contribution in [2.24, 2.45) is 17.2 Å². The fourth-order valence-corrected chi connectivity index (χ4v) is 0.934. The third kappa shape index (κ3) is 6.88. The van der Waals surface area contributed by atoms with E-state index in [2.05, 4.69) is 5.32 Å². The molecule has 2 atom stereocenters. The van der Waals surface area contributed by atoms with Crippen molar-refractivity contribution < 1.29 is 10.2 Å². The maximum atomic E-state index is 9.09. The molecule has 1 unspecified atom stereocenters. The molecular formula is C7H20N4O2. The maximum absolute atomic E-state index is 9.09. The van der Waals surface area contributed by atoms with E-state index in [0.29, 0.717) is 13.0 Å². The van der Waals surface area contributed by atoms with Crippen molar-refractivity contribution in [1.82, 2.24) is 5.32 Å². The lowest BCUT2D eigenvalue weighted by Crippen LogP contribution is -2.46. The molecule has 0 aromatic heterocycles. The van der Waals surface area contributed by atoms with Gasteiger partial charge >= 0.3 is 0 Å². The van der Waals surface area contributed by atoms with E-state index in [1.54, 1.807) is 0 Å². The van der Waals surface area contributed by atoms with E-state index in [-0.39, 0.29) is 12.6 Å². The summed E-state index contributed by atoms with van der Waals surface area (Å²) in [6.45, 7) is 0.356. The molecule has 9 N–H and O–H groups in total. The molecule has 0 heterocycles. The first-order valence-electron chi connectivity index (χ1n) is 4.37. The molecule has 0 bridgehead atoms. The van der Waals surface area contributed by atoms with Gasteiger partial charge in [0.25, 0.3) is 0 Å². The Balaban J connectivity index is 3.31. The average molecular weight is 192 g/mol. The van der Waals surface area contributed by atoms with Crippen molar-refractivity contribution >= 4 is 0 Å². The van der Waals surface area contributed by atoms with Crippen molar-refractivity contribution in [3.63, 3.8) is 0 Å². The van der Waals surface area contributed by atoms with E-state index in [9.17, 15) is 0 Å². The smallest absolute Gasteiger partial charge is 0.106 e. The fraction of sp³-hybridized carbons (Fsp3) is 1.00. The van der Waals surface area contributed by atoms with Gasteiger partial charge in [0.15, 0.2) is 0 Å². The van der Waals surface area contributed by atoms with Crippen LogP contribution in [0.5, 0.6) is 0 Å². The van der Waals surface area contributed by atoms with Crippen LogP contribution in [0.4, 0.5) is 0 Å². The van der Waals surface area contributed by atoms with Crippen molar-refractivity contribution in [2.75, 3.05) is 13.2 Å². The zero-order valence-electron chi connectivity index (χ0n) is 7.69. The minimum atomic E-state index is -0.841. The Morgan fingerprint density at radius 3 is 2.31 bits per heavy atom. The Morgan fingerprint density at radius 2 is 1.85 bits per heavy atom. The Labute approximate surface area is 78.1 Å². The van der Waals surface area contributed by atoms with Gasteiger partial charge in [-0.15, -0.1) is 0 Å². The van der Waals surface area contributed by atoms with Crippen LogP contribution in [0, 0.1) is 0 Å². The zero-order valence-corrected chi connectivity index (χ0v) is 7.69. The van der Waals surface area contributed by atoms with Gasteiger partial charge in [-0.2, -0.15) is 0 Å². The van der Waals surface area contributed by atoms with Crippen molar-refractivity contribution in [2.45, 2.75) is 31.3 Å². The zero-order chi connectivity index (χ0) is 10.3. The molecule has 0 radical (unpaired) electrons. The summed E-state index contributed by atoms with van der Waals surface area (Å²) in [5, 5.41) is 20.5. The summed E-state index contributed by atoms with van der Waals surface area (Å²) < 4.78 is 0. The molecule has 0 spiro atoms. The first-order valence-corrected chi connectivity index (χ1v) is 4.37. The van der Waals surface area contributed by atoms with Crippen LogP contribution in [-0.4, -0.2) is 41.8 Å². The van der Waals surface area contributed by atoms with Gasteiger partial charge in [-0.3, -0.25) is 5.32 Å². The molecule has 13 heavy (non-hydrogen) atoms. The highest BCUT2D eigenvalue weighted by Crippen LogP contribution is 1.98. The first-order chi connectivity index (χ1) is 6.07.